The summed E-state index contributed by atoms with van der Waals surface area (Å²) in [6.07, 6.45) is 0. The highest BCUT2D eigenvalue weighted by Gasteiger charge is 2.05. The Morgan fingerprint density at radius 1 is 1.00 bits per heavy atom. The van der Waals surface area contributed by atoms with E-state index < -0.39 is 0 Å². The molecule has 0 radical (unpaired) electrons. The van der Waals surface area contributed by atoms with E-state index in [9.17, 15) is 0 Å². The van der Waals surface area contributed by atoms with Crippen molar-refractivity contribution in [3.05, 3.63) is 46.9 Å². The first-order chi connectivity index (χ1) is 9.78. The van der Waals surface area contributed by atoms with Crippen LogP contribution in [0.25, 0.3) is 20.4 Å². The number of rotatable bonds is 2. The molecule has 4 rings (SSSR count). The normalized spacial score (nSPS) is 11.2. The Morgan fingerprint density at radius 3 is 2.90 bits per heavy atom. The van der Waals surface area contributed by atoms with Crippen molar-refractivity contribution in [3.8, 4) is 0 Å². The number of hydrogen-bond acceptors (Lipinski definition) is 5. The Bertz CT molecular complexity index is 913. The van der Waals surface area contributed by atoms with Gasteiger partial charge < -0.3 is 5.32 Å². The van der Waals surface area contributed by atoms with Crippen molar-refractivity contribution in [3.63, 3.8) is 0 Å². The summed E-state index contributed by atoms with van der Waals surface area (Å²) >= 11 is 9.23. The molecule has 0 unspecified atom stereocenters. The van der Waals surface area contributed by atoms with Crippen molar-refractivity contribution in [1.82, 2.24) is 9.97 Å². The molecular weight excluding hydrogens is 310 g/mol. The zero-order valence-electron chi connectivity index (χ0n) is 10.1. The quantitative estimate of drug-likeness (QED) is 0.545. The Balaban J connectivity index is 1.72. The summed E-state index contributed by atoms with van der Waals surface area (Å²) in [7, 11) is 0. The van der Waals surface area contributed by atoms with Crippen molar-refractivity contribution >= 4 is 65.5 Å². The summed E-state index contributed by atoms with van der Waals surface area (Å²) in [5, 5.41) is 4.91. The maximum Gasteiger partial charge on any atom is 0.188 e. The van der Waals surface area contributed by atoms with Crippen molar-refractivity contribution < 1.29 is 0 Å². The van der Waals surface area contributed by atoms with Gasteiger partial charge in [-0.05, 0) is 36.4 Å². The molecule has 0 aliphatic rings. The van der Waals surface area contributed by atoms with Crippen LogP contribution in [0.3, 0.4) is 0 Å². The fourth-order valence-corrected chi connectivity index (χ4v) is 3.76. The van der Waals surface area contributed by atoms with Crippen LogP contribution in [0.5, 0.6) is 0 Å². The van der Waals surface area contributed by atoms with Crippen LogP contribution in [0.4, 0.5) is 10.8 Å². The Morgan fingerprint density at radius 2 is 1.95 bits per heavy atom. The third-order valence-corrected chi connectivity index (χ3v) is 4.91. The van der Waals surface area contributed by atoms with Crippen LogP contribution < -0.4 is 5.32 Å². The lowest BCUT2D eigenvalue weighted by Crippen LogP contribution is -1.88. The second kappa shape index (κ2) is 4.70. The lowest BCUT2D eigenvalue weighted by Gasteiger charge is -2.01. The van der Waals surface area contributed by atoms with Crippen molar-refractivity contribution in [1.29, 1.82) is 0 Å². The van der Waals surface area contributed by atoms with Crippen LogP contribution in [0.15, 0.2) is 41.9 Å². The first-order valence-corrected chi connectivity index (χ1v) is 8.02. The number of fused-ring (bicyclic) bond motifs is 2. The fraction of sp³-hybridized carbons (Fsp3) is 0. The van der Waals surface area contributed by atoms with Crippen LogP contribution in [0.1, 0.15) is 0 Å². The van der Waals surface area contributed by atoms with E-state index in [1.54, 1.807) is 22.7 Å². The molecule has 0 fully saturated rings. The number of benzene rings is 2. The summed E-state index contributed by atoms with van der Waals surface area (Å²) in [5.41, 5.74) is 4.82. The maximum absolute atomic E-state index is 5.98. The van der Waals surface area contributed by atoms with E-state index in [0.29, 0.717) is 5.02 Å². The van der Waals surface area contributed by atoms with Crippen molar-refractivity contribution in [2.75, 3.05) is 5.32 Å². The first-order valence-electron chi connectivity index (χ1n) is 5.94. The highest BCUT2D eigenvalue weighted by Crippen LogP contribution is 2.31. The second-order valence-corrected chi connectivity index (χ2v) is 6.64. The van der Waals surface area contributed by atoms with Gasteiger partial charge in [0.1, 0.15) is 0 Å². The molecule has 0 atom stereocenters. The third kappa shape index (κ3) is 2.14. The molecule has 0 bridgehead atoms. The fourth-order valence-electron chi connectivity index (χ4n) is 2.01. The average Bonchev–Trinajstić information content (AvgIpc) is 3.03. The molecule has 98 valence electrons. The first kappa shape index (κ1) is 12.1. The van der Waals surface area contributed by atoms with Gasteiger partial charge in [-0.2, -0.15) is 0 Å². The topological polar surface area (TPSA) is 37.8 Å². The Labute approximate surface area is 127 Å². The van der Waals surface area contributed by atoms with Gasteiger partial charge in [-0.15, -0.1) is 11.3 Å². The SMILES string of the molecule is Clc1ccc2sc(Nc3ccc4ncsc4c3)nc2c1. The summed E-state index contributed by atoms with van der Waals surface area (Å²) in [6.45, 7) is 0. The minimum atomic E-state index is 0.709. The van der Waals surface area contributed by atoms with Gasteiger partial charge in [0.2, 0.25) is 0 Å². The molecule has 3 nitrogen and oxygen atoms in total. The summed E-state index contributed by atoms with van der Waals surface area (Å²) in [4.78, 5) is 8.82. The van der Waals surface area contributed by atoms with Crippen LogP contribution in [-0.2, 0) is 0 Å². The van der Waals surface area contributed by atoms with E-state index in [2.05, 4.69) is 21.4 Å². The monoisotopic (exact) mass is 317 g/mol. The van der Waals surface area contributed by atoms with E-state index in [0.717, 1.165) is 26.6 Å². The third-order valence-electron chi connectivity index (χ3n) is 2.93. The molecule has 1 N–H and O–H groups in total. The minimum Gasteiger partial charge on any atom is -0.331 e. The van der Waals surface area contributed by atoms with E-state index in [-0.39, 0.29) is 0 Å². The molecule has 0 amide bonds. The number of nitrogens with one attached hydrogen (secondary N) is 1. The van der Waals surface area contributed by atoms with Gasteiger partial charge in [-0.25, -0.2) is 9.97 Å². The van der Waals surface area contributed by atoms with Gasteiger partial charge in [-0.3, -0.25) is 0 Å². The van der Waals surface area contributed by atoms with Gasteiger partial charge in [-0.1, -0.05) is 22.9 Å². The molecule has 20 heavy (non-hydrogen) atoms. The predicted octanol–water partition coefficient (Wildman–Crippen LogP) is 5.30. The second-order valence-electron chi connectivity index (χ2n) is 4.29. The highest BCUT2D eigenvalue weighted by molar-refractivity contribution is 7.22. The molecule has 0 spiro atoms. The number of halogens is 1. The Hall–Kier alpha value is -1.69. The van der Waals surface area contributed by atoms with Gasteiger partial charge in [0.15, 0.2) is 5.13 Å². The van der Waals surface area contributed by atoms with E-state index >= 15 is 0 Å². The molecule has 0 saturated heterocycles. The lowest BCUT2D eigenvalue weighted by molar-refractivity contribution is 1.44. The molecule has 2 aromatic carbocycles. The van der Waals surface area contributed by atoms with Gasteiger partial charge >= 0.3 is 0 Å². The van der Waals surface area contributed by atoms with Crippen molar-refractivity contribution in [2.24, 2.45) is 0 Å². The van der Waals surface area contributed by atoms with Crippen LogP contribution >= 0.6 is 34.3 Å². The molecule has 0 aliphatic carbocycles. The molecule has 2 heterocycles. The molecule has 2 aromatic heterocycles. The highest BCUT2D eigenvalue weighted by atomic mass is 35.5. The summed E-state index contributed by atoms with van der Waals surface area (Å²) in [6, 6.07) is 11.9. The number of anilines is 2. The van der Waals surface area contributed by atoms with Gasteiger partial charge in [0, 0.05) is 10.7 Å². The Kier molecular flexibility index (Phi) is 2.84. The smallest absolute Gasteiger partial charge is 0.188 e. The summed E-state index contributed by atoms with van der Waals surface area (Å²) < 4.78 is 2.29. The molecule has 0 saturated carbocycles. The average molecular weight is 318 g/mol. The van der Waals surface area contributed by atoms with E-state index in [1.165, 1.54) is 4.70 Å². The van der Waals surface area contributed by atoms with Crippen LogP contribution in [0, 0.1) is 0 Å². The molecule has 0 aliphatic heterocycles. The summed E-state index contributed by atoms with van der Waals surface area (Å²) in [5.74, 6) is 0. The van der Waals surface area contributed by atoms with Gasteiger partial charge in [0.05, 0.1) is 25.9 Å². The number of nitrogens with zero attached hydrogens (tertiary/aromatic N) is 2. The zero-order chi connectivity index (χ0) is 13.5. The van der Waals surface area contributed by atoms with Gasteiger partial charge in [0.25, 0.3) is 0 Å². The van der Waals surface area contributed by atoms with Crippen molar-refractivity contribution in [2.45, 2.75) is 0 Å². The van der Waals surface area contributed by atoms with Crippen LogP contribution in [0.2, 0.25) is 5.02 Å². The minimum absolute atomic E-state index is 0.709. The van der Waals surface area contributed by atoms with Crippen LogP contribution in [-0.4, -0.2) is 9.97 Å². The number of aromatic nitrogens is 2. The maximum atomic E-state index is 5.98. The largest absolute Gasteiger partial charge is 0.331 e. The van der Waals surface area contributed by atoms with E-state index in [1.807, 2.05) is 35.8 Å². The lowest BCUT2D eigenvalue weighted by atomic mass is 10.3. The standard InChI is InChI=1S/C14H8ClN3S2/c15-8-1-4-12-11(5-8)18-14(20-12)17-9-2-3-10-13(6-9)19-7-16-10/h1-7H,(H,17,18). The molecule has 6 heteroatoms. The molecule has 4 aromatic rings. The number of hydrogen-bond donors (Lipinski definition) is 1. The molecular formula is C14H8ClN3S2. The van der Waals surface area contributed by atoms with E-state index in [4.69, 9.17) is 11.6 Å². The zero-order valence-corrected chi connectivity index (χ0v) is 12.5. The number of thiazole rings is 2. The predicted molar refractivity (Wildman–Crippen MR) is 87.5 cm³/mol.